The molecule has 0 amide bonds. The second kappa shape index (κ2) is 8.58. The van der Waals surface area contributed by atoms with Gasteiger partial charge in [-0.15, -0.1) is 13.2 Å². The van der Waals surface area contributed by atoms with Gasteiger partial charge in [0, 0.05) is 18.9 Å². The molecule has 0 unspecified atom stereocenters. The van der Waals surface area contributed by atoms with Gasteiger partial charge in [0.1, 0.15) is 23.1 Å². The minimum Gasteiger partial charge on any atom is -0.485 e. The fourth-order valence-electron chi connectivity index (χ4n) is 6.57. The molecule has 0 N–H and O–H groups in total. The summed E-state index contributed by atoms with van der Waals surface area (Å²) >= 11 is 0. The summed E-state index contributed by atoms with van der Waals surface area (Å²) in [7, 11) is 0. The number of ketones is 1. The number of hydrogen-bond donors (Lipinski definition) is 0. The minimum atomic E-state index is -1.17. The van der Waals surface area contributed by atoms with Crippen LogP contribution in [0.1, 0.15) is 52.9 Å². The number of rotatable bonds is 8. The lowest BCUT2D eigenvalue weighted by Gasteiger charge is -2.40. The van der Waals surface area contributed by atoms with Crippen LogP contribution in [-0.2, 0) is 38.0 Å². The van der Waals surface area contributed by atoms with Crippen LogP contribution in [-0.4, -0.2) is 60.0 Å². The molecule has 0 saturated carbocycles. The number of carbonyl (C=O) groups excluding carboxylic acids is 1. The van der Waals surface area contributed by atoms with E-state index in [4.69, 9.17) is 33.2 Å². The van der Waals surface area contributed by atoms with Gasteiger partial charge in [0.15, 0.2) is 25.0 Å². The Morgan fingerprint density at radius 2 is 1.68 bits per heavy atom. The van der Waals surface area contributed by atoms with Crippen LogP contribution < -0.4 is 0 Å². The summed E-state index contributed by atoms with van der Waals surface area (Å²) in [6, 6.07) is 0. The predicted molar refractivity (Wildman–Crippen MR) is 137 cm³/mol. The third kappa shape index (κ3) is 3.55. The average molecular weight is 525 g/mol. The fraction of sp³-hybridized carbons (Fsp3) is 0.567. The highest BCUT2D eigenvalue weighted by Gasteiger charge is 2.70. The van der Waals surface area contributed by atoms with Crippen molar-refractivity contribution in [3.8, 4) is 0 Å². The first-order valence-corrected chi connectivity index (χ1v) is 13.2. The zero-order valence-electron chi connectivity index (χ0n) is 22.4. The van der Waals surface area contributed by atoms with E-state index in [9.17, 15) is 4.79 Å². The summed E-state index contributed by atoms with van der Waals surface area (Å²) in [6.07, 6.45) is 11.0. The van der Waals surface area contributed by atoms with Crippen LogP contribution in [0.5, 0.6) is 0 Å². The normalized spacial score (nSPS) is 41.3. The lowest BCUT2D eigenvalue weighted by molar-refractivity contribution is -0.240. The second-order valence-corrected chi connectivity index (χ2v) is 11.6. The van der Waals surface area contributed by atoms with Crippen molar-refractivity contribution in [3.63, 3.8) is 0 Å². The van der Waals surface area contributed by atoms with E-state index in [-0.39, 0.29) is 31.9 Å². The smallest absolute Gasteiger partial charge is 0.228 e. The highest BCUT2D eigenvalue weighted by Crippen LogP contribution is 2.57. The molecule has 4 aliphatic heterocycles. The van der Waals surface area contributed by atoms with Gasteiger partial charge >= 0.3 is 0 Å². The van der Waals surface area contributed by atoms with Gasteiger partial charge in [0.25, 0.3) is 0 Å². The molecule has 0 aromatic heterocycles. The summed E-state index contributed by atoms with van der Waals surface area (Å²) < 4.78 is 44.1. The van der Waals surface area contributed by atoms with Gasteiger partial charge in [-0.3, -0.25) is 4.79 Å². The molecule has 204 valence electrons. The first-order chi connectivity index (χ1) is 18.0. The van der Waals surface area contributed by atoms with Crippen LogP contribution in [0.15, 0.2) is 72.6 Å². The maximum atomic E-state index is 12.9. The van der Waals surface area contributed by atoms with E-state index >= 15 is 0 Å². The number of allylic oxidation sites excluding steroid dienone is 4. The summed E-state index contributed by atoms with van der Waals surface area (Å²) in [4.78, 5) is 12.9. The van der Waals surface area contributed by atoms with Crippen LogP contribution in [0.25, 0.3) is 0 Å². The van der Waals surface area contributed by atoms with Gasteiger partial charge in [0.2, 0.25) is 11.6 Å². The van der Waals surface area contributed by atoms with Crippen LogP contribution in [0, 0.1) is 0 Å². The van der Waals surface area contributed by atoms with Gasteiger partial charge in [-0.25, -0.2) is 0 Å². The lowest BCUT2D eigenvalue weighted by Crippen LogP contribution is -2.51. The number of Topliss-reactive ketones (excluding diaryl/α,β-unsaturated/α-hetero) is 1. The number of ether oxygens (including phenoxy) is 7. The van der Waals surface area contributed by atoms with Gasteiger partial charge < -0.3 is 33.2 Å². The summed E-state index contributed by atoms with van der Waals surface area (Å²) in [5.41, 5.74) is 0.0784. The molecule has 6 rings (SSSR count). The highest BCUT2D eigenvalue weighted by molar-refractivity contribution is 5.98. The predicted octanol–water partition coefficient (Wildman–Crippen LogP) is 4.69. The molecule has 8 heteroatoms. The Balaban J connectivity index is 1.32. The molecule has 8 nitrogen and oxygen atoms in total. The van der Waals surface area contributed by atoms with Crippen molar-refractivity contribution < 1.29 is 38.0 Å². The maximum absolute atomic E-state index is 12.9. The molecule has 0 spiro atoms. The van der Waals surface area contributed by atoms with Gasteiger partial charge in [-0.2, -0.15) is 0 Å². The van der Waals surface area contributed by atoms with Crippen molar-refractivity contribution >= 4 is 5.78 Å². The molecule has 0 bridgehead atoms. The minimum absolute atomic E-state index is 0.0177. The third-order valence-electron chi connectivity index (χ3n) is 8.69. The Kier molecular flexibility index (Phi) is 5.85. The molecule has 0 aromatic carbocycles. The molecule has 6 atom stereocenters. The molecular weight excluding hydrogens is 488 g/mol. The van der Waals surface area contributed by atoms with E-state index in [1.807, 2.05) is 39.0 Å². The van der Waals surface area contributed by atoms with Crippen molar-refractivity contribution in [2.24, 2.45) is 0 Å². The van der Waals surface area contributed by atoms with Crippen molar-refractivity contribution in [1.29, 1.82) is 0 Å². The van der Waals surface area contributed by atoms with Crippen molar-refractivity contribution in [1.82, 2.24) is 0 Å². The molecular formula is C30H36O8. The van der Waals surface area contributed by atoms with Crippen molar-refractivity contribution in [2.45, 2.75) is 93.5 Å². The zero-order valence-corrected chi connectivity index (χ0v) is 22.4. The average Bonchev–Trinajstić information content (AvgIpc) is 3.53. The van der Waals surface area contributed by atoms with Gasteiger partial charge in [-0.05, 0) is 56.9 Å². The molecule has 0 radical (unpaired) electrons. The maximum Gasteiger partial charge on any atom is 0.228 e. The quantitative estimate of drug-likeness (QED) is 0.423. The van der Waals surface area contributed by atoms with Crippen LogP contribution >= 0.6 is 0 Å². The third-order valence-corrected chi connectivity index (χ3v) is 8.69. The van der Waals surface area contributed by atoms with E-state index < -0.39 is 34.5 Å². The largest absolute Gasteiger partial charge is 0.485 e. The molecule has 38 heavy (non-hydrogen) atoms. The zero-order chi connectivity index (χ0) is 27.0. The van der Waals surface area contributed by atoms with Crippen molar-refractivity contribution in [2.75, 3.05) is 13.6 Å². The Morgan fingerprint density at radius 3 is 2.42 bits per heavy atom. The molecule has 4 fully saturated rings. The first kappa shape index (κ1) is 25.9. The molecule has 0 aromatic rings. The Morgan fingerprint density at radius 1 is 1.00 bits per heavy atom. The topological polar surface area (TPSA) is 81.7 Å². The Hall–Kier alpha value is -2.33. The number of carbonyl (C=O) groups is 1. The van der Waals surface area contributed by atoms with E-state index in [0.29, 0.717) is 37.0 Å². The fourth-order valence-corrected chi connectivity index (χ4v) is 6.57. The molecule has 6 aliphatic rings. The summed E-state index contributed by atoms with van der Waals surface area (Å²) in [5.74, 6) is -1.67. The summed E-state index contributed by atoms with van der Waals surface area (Å²) in [6.45, 7) is 17.9. The SMILES string of the molecule is C=CCC1=C[C@]23C[C@H](C(C)(C)OC4=C[C@]56OCO[C@@]5(C=C4CC=C)C[C@H](C(=C)C)O6)O[C@@]2(CC1=O)OCO3. The standard InChI is InChI=1S/C30H36O8/c1-7-9-20-11-28-16-25(38-29(28,13-22(20)31)34-18-33-28)26(5,6)36-24-15-30-27(32-17-35-30,12-21(24)10-8-2)14-23(37-30)19(3)4/h7-8,11-12,15,23,25H,1-3,9-10,13-14,16-18H2,4-6H3/t23-,25-,27+,28+,29-,30-/m1/s1. The van der Waals surface area contributed by atoms with Gasteiger partial charge in [-0.1, -0.05) is 24.3 Å². The number of hydrogen-bond acceptors (Lipinski definition) is 8. The van der Waals surface area contributed by atoms with Crippen molar-refractivity contribution in [3.05, 3.63) is 72.6 Å². The first-order valence-electron chi connectivity index (χ1n) is 13.2. The Bertz CT molecular complexity index is 1190. The second-order valence-electron chi connectivity index (χ2n) is 11.6. The van der Waals surface area contributed by atoms with Crippen LogP contribution in [0.4, 0.5) is 0 Å². The Labute approximate surface area is 223 Å². The molecule has 4 saturated heterocycles. The van der Waals surface area contributed by atoms with Crippen LogP contribution in [0.3, 0.4) is 0 Å². The molecule has 4 heterocycles. The monoisotopic (exact) mass is 524 g/mol. The van der Waals surface area contributed by atoms with E-state index in [1.54, 1.807) is 6.08 Å². The van der Waals surface area contributed by atoms with Gasteiger partial charge in [0.05, 0.1) is 12.5 Å². The van der Waals surface area contributed by atoms with E-state index in [0.717, 1.165) is 11.1 Å². The summed E-state index contributed by atoms with van der Waals surface area (Å²) in [5, 5.41) is 0. The molecule has 2 aliphatic carbocycles. The lowest BCUT2D eigenvalue weighted by atomic mass is 9.77. The highest BCUT2D eigenvalue weighted by atomic mass is 16.8. The van der Waals surface area contributed by atoms with Crippen LogP contribution in [0.2, 0.25) is 0 Å². The van der Waals surface area contributed by atoms with E-state index in [2.05, 4.69) is 25.8 Å². The van der Waals surface area contributed by atoms with E-state index in [1.165, 1.54) is 0 Å².